The molecule has 84 valence electrons. The lowest BCUT2D eigenvalue weighted by Crippen LogP contribution is -2.14. The Labute approximate surface area is 90.1 Å². The van der Waals surface area contributed by atoms with E-state index in [2.05, 4.69) is 0 Å². The Hall–Kier alpha value is -2.37. The molecule has 0 saturated carbocycles. The summed E-state index contributed by atoms with van der Waals surface area (Å²) in [6.07, 6.45) is 0.318. The van der Waals surface area contributed by atoms with Gasteiger partial charge in [-0.3, -0.25) is 9.59 Å². The highest BCUT2D eigenvalue weighted by Gasteiger charge is 2.20. The predicted molar refractivity (Wildman–Crippen MR) is 52.0 cm³/mol. The molecule has 0 amide bonds. The second kappa shape index (κ2) is 4.43. The number of ketones is 1. The van der Waals surface area contributed by atoms with Crippen molar-refractivity contribution in [2.24, 2.45) is 0 Å². The van der Waals surface area contributed by atoms with Crippen molar-refractivity contribution in [3.63, 3.8) is 0 Å². The van der Waals surface area contributed by atoms with E-state index in [4.69, 9.17) is 9.84 Å². The van der Waals surface area contributed by atoms with Gasteiger partial charge in [-0.05, 0) is 12.1 Å². The van der Waals surface area contributed by atoms with Gasteiger partial charge in [0.2, 0.25) is 0 Å². The summed E-state index contributed by atoms with van der Waals surface area (Å²) >= 11 is 0. The Balaban J connectivity index is 3.39. The molecule has 0 spiro atoms. The largest absolute Gasteiger partial charge is 0.504 e. The molecule has 6 nitrogen and oxygen atoms in total. The lowest BCUT2D eigenvalue weighted by molar-refractivity contribution is -0.131. The van der Waals surface area contributed by atoms with Crippen LogP contribution >= 0.6 is 0 Å². The summed E-state index contributed by atoms with van der Waals surface area (Å²) in [7, 11) is 1.27. The highest BCUT2D eigenvalue weighted by Crippen LogP contribution is 2.29. The number of carboxylic acids is 1. The van der Waals surface area contributed by atoms with Crippen LogP contribution in [0.4, 0.5) is 0 Å². The molecule has 1 aromatic carbocycles. The average molecular weight is 224 g/mol. The van der Waals surface area contributed by atoms with Gasteiger partial charge in [0.05, 0.1) is 7.11 Å². The Morgan fingerprint density at radius 2 is 2.00 bits per heavy atom. The van der Waals surface area contributed by atoms with Gasteiger partial charge in [0.25, 0.3) is 5.78 Å². The molecule has 0 aliphatic carbocycles. The minimum atomic E-state index is -1.70. The van der Waals surface area contributed by atoms with Crippen molar-refractivity contribution in [2.45, 2.75) is 0 Å². The number of aromatic hydroxyl groups is 1. The number of phenolic OH excluding ortho intramolecular Hbond substituents is 1. The molecule has 6 heteroatoms. The Bertz CT molecular complexity index is 463. The number of rotatable bonds is 4. The van der Waals surface area contributed by atoms with Crippen molar-refractivity contribution in [1.29, 1.82) is 0 Å². The minimum Gasteiger partial charge on any atom is -0.504 e. The van der Waals surface area contributed by atoms with Crippen molar-refractivity contribution < 1.29 is 29.3 Å². The molecule has 0 aliphatic rings. The Morgan fingerprint density at radius 3 is 2.44 bits per heavy atom. The quantitative estimate of drug-likeness (QED) is 0.438. The van der Waals surface area contributed by atoms with Crippen LogP contribution in [0.2, 0.25) is 0 Å². The van der Waals surface area contributed by atoms with E-state index >= 15 is 0 Å². The number of benzene rings is 1. The molecular formula is C10H8O6. The van der Waals surface area contributed by atoms with Gasteiger partial charge in [-0.25, -0.2) is 4.79 Å². The number of Topliss-reactive ketones (excluding diaryl/α,β-unsaturated/α-hetero) is 1. The topological polar surface area (TPSA) is 101 Å². The fraction of sp³-hybridized carbons (Fsp3) is 0.100. The van der Waals surface area contributed by atoms with Gasteiger partial charge in [0.15, 0.2) is 17.8 Å². The number of carbonyl (C=O) groups is 3. The number of carboxylic acid groups (broad SMARTS) is 1. The van der Waals surface area contributed by atoms with Crippen molar-refractivity contribution in [3.05, 3.63) is 23.3 Å². The number of ether oxygens (including phenoxy) is 1. The van der Waals surface area contributed by atoms with Gasteiger partial charge in [0, 0.05) is 11.1 Å². The van der Waals surface area contributed by atoms with Crippen LogP contribution < -0.4 is 4.74 Å². The van der Waals surface area contributed by atoms with Gasteiger partial charge in [-0.2, -0.15) is 0 Å². The SMILES string of the molecule is COc1cc(C=O)c(C(=O)C(=O)O)cc1O. The number of aldehydes is 1. The van der Waals surface area contributed by atoms with Crippen LogP contribution in [0.1, 0.15) is 20.7 Å². The number of hydrogen-bond donors (Lipinski definition) is 2. The maximum Gasteiger partial charge on any atom is 0.377 e. The standard InChI is InChI=1S/C10H8O6/c1-16-8-2-5(4-11)6(3-7(8)12)9(13)10(14)15/h2-4,12H,1H3,(H,14,15). The Morgan fingerprint density at radius 1 is 1.38 bits per heavy atom. The zero-order chi connectivity index (χ0) is 12.3. The van der Waals surface area contributed by atoms with Crippen molar-refractivity contribution in [3.8, 4) is 11.5 Å². The third-order valence-corrected chi connectivity index (χ3v) is 1.92. The fourth-order valence-corrected chi connectivity index (χ4v) is 1.16. The maximum atomic E-state index is 11.2. The molecule has 16 heavy (non-hydrogen) atoms. The molecule has 0 radical (unpaired) electrons. The highest BCUT2D eigenvalue weighted by atomic mass is 16.5. The summed E-state index contributed by atoms with van der Waals surface area (Å²) in [6, 6.07) is 1.98. The van der Waals surface area contributed by atoms with E-state index in [1.807, 2.05) is 0 Å². The molecule has 0 aliphatic heterocycles. The molecule has 2 N–H and O–H groups in total. The van der Waals surface area contributed by atoms with E-state index in [1.54, 1.807) is 0 Å². The van der Waals surface area contributed by atoms with Crippen LogP contribution in [0.5, 0.6) is 11.5 Å². The van der Waals surface area contributed by atoms with E-state index in [-0.39, 0.29) is 16.9 Å². The second-order valence-electron chi connectivity index (χ2n) is 2.86. The monoisotopic (exact) mass is 224 g/mol. The van der Waals surface area contributed by atoms with Crippen LogP contribution in [0, 0.1) is 0 Å². The molecule has 0 bridgehead atoms. The Kier molecular flexibility index (Phi) is 3.24. The van der Waals surface area contributed by atoms with E-state index in [0.29, 0.717) is 6.29 Å². The second-order valence-corrected chi connectivity index (χ2v) is 2.86. The van der Waals surface area contributed by atoms with Crippen molar-refractivity contribution in [2.75, 3.05) is 7.11 Å². The van der Waals surface area contributed by atoms with Crippen LogP contribution in [-0.2, 0) is 4.79 Å². The van der Waals surface area contributed by atoms with Gasteiger partial charge in [0.1, 0.15) is 0 Å². The van der Waals surface area contributed by atoms with E-state index in [1.165, 1.54) is 7.11 Å². The molecule has 0 saturated heterocycles. The zero-order valence-electron chi connectivity index (χ0n) is 8.26. The van der Waals surface area contributed by atoms with Crippen molar-refractivity contribution >= 4 is 18.0 Å². The first-order valence-corrected chi connectivity index (χ1v) is 4.15. The third-order valence-electron chi connectivity index (χ3n) is 1.92. The molecule has 0 aromatic heterocycles. The van der Waals surface area contributed by atoms with E-state index < -0.39 is 17.5 Å². The van der Waals surface area contributed by atoms with Crippen LogP contribution in [0.25, 0.3) is 0 Å². The summed E-state index contributed by atoms with van der Waals surface area (Å²) in [5.74, 6) is -3.38. The van der Waals surface area contributed by atoms with Gasteiger partial charge < -0.3 is 14.9 Å². The van der Waals surface area contributed by atoms with Crippen molar-refractivity contribution in [1.82, 2.24) is 0 Å². The molecule has 0 atom stereocenters. The number of methoxy groups -OCH3 is 1. The van der Waals surface area contributed by atoms with Gasteiger partial charge in [-0.1, -0.05) is 0 Å². The maximum absolute atomic E-state index is 11.2. The smallest absolute Gasteiger partial charge is 0.377 e. The predicted octanol–water partition coefficient (Wildman–Crippen LogP) is 0.481. The molecule has 0 unspecified atom stereocenters. The number of phenols is 1. The van der Waals surface area contributed by atoms with Crippen LogP contribution in [-0.4, -0.2) is 35.4 Å². The lowest BCUT2D eigenvalue weighted by atomic mass is 10.0. The minimum absolute atomic E-state index is 0.0101. The summed E-state index contributed by atoms with van der Waals surface area (Å²) in [6.45, 7) is 0. The third kappa shape index (κ3) is 2.00. The summed E-state index contributed by atoms with van der Waals surface area (Å²) in [5, 5.41) is 17.9. The van der Waals surface area contributed by atoms with Crippen LogP contribution in [0.3, 0.4) is 0 Å². The molecule has 0 heterocycles. The highest BCUT2D eigenvalue weighted by molar-refractivity contribution is 6.41. The van der Waals surface area contributed by atoms with E-state index in [0.717, 1.165) is 12.1 Å². The summed E-state index contributed by atoms with van der Waals surface area (Å²) in [5.41, 5.74) is -0.525. The zero-order valence-corrected chi connectivity index (χ0v) is 8.26. The summed E-state index contributed by atoms with van der Waals surface area (Å²) in [4.78, 5) is 32.3. The number of hydrogen-bond acceptors (Lipinski definition) is 5. The first kappa shape index (κ1) is 11.7. The normalized spacial score (nSPS) is 9.56. The first-order valence-electron chi connectivity index (χ1n) is 4.15. The molecular weight excluding hydrogens is 216 g/mol. The number of carbonyl (C=O) groups excluding carboxylic acids is 2. The van der Waals surface area contributed by atoms with Gasteiger partial charge in [-0.15, -0.1) is 0 Å². The molecule has 1 aromatic rings. The average Bonchev–Trinajstić information content (AvgIpc) is 2.27. The number of aliphatic carboxylic acids is 1. The molecule has 1 rings (SSSR count). The fourth-order valence-electron chi connectivity index (χ4n) is 1.16. The lowest BCUT2D eigenvalue weighted by Gasteiger charge is -2.06. The van der Waals surface area contributed by atoms with Gasteiger partial charge >= 0.3 is 5.97 Å². The first-order chi connectivity index (χ1) is 7.51. The molecule has 0 fully saturated rings. The van der Waals surface area contributed by atoms with Crippen LogP contribution in [0.15, 0.2) is 12.1 Å². The van der Waals surface area contributed by atoms with E-state index in [9.17, 15) is 19.5 Å². The summed E-state index contributed by atoms with van der Waals surface area (Å²) < 4.78 is 4.72.